The Labute approximate surface area is 107 Å². The summed E-state index contributed by atoms with van der Waals surface area (Å²) in [4.78, 5) is 11.4. The van der Waals surface area contributed by atoms with Gasteiger partial charge in [-0.3, -0.25) is 4.79 Å². The van der Waals surface area contributed by atoms with Gasteiger partial charge in [-0.25, -0.2) is 0 Å². The summed E-state index contributed by atoms with van der Waals surface area (Å²) in [5, 5.41) is 19.6. The molecule has 19 heavy (non-hydrogen) atoms. The molecule has 0 unspecified atom stereocenters. The van der Waals surface area contributed by atoms with Crippen LogP contribution < -0.4 is 5.32 Å². The zero-order valence-electron chi connectivity index (χ0n) is 9.95. The molecule has 0 spiro atoms. The second kappa shape index (κ2) is 5.71. The molecule has 0 radical (unpaired) electrons. The highest BCUT2D eigenvalue weighted by Gasteiger charge is 2.34. The molecule has 2 N–H and O–H groups in total. The number of halogens is 3. The van der Waals surface area contributed by atoms with Crippen LogP contribution in [0.15, 0.2) is 18.2 Å². The van der Waals surface area contributed by atoms with Gasteiger partial charge in [-0.15, -0.1) is 0 Å². The molecule has 0 saturated heterocycles. The maximum atomic E-state index is 12.7. The van der Waals surface area contributed by atoms with Crippen LogP contribution in [0.5, 0.6) is 0 Å². The van der Waals surface area contributed by atoms with E-state index in [9.17, 15) is 18.0 Å². The van der Waals surface area contributed by atoms with Crippen LogP contribution in [0.4, 0.5) is 18.9 Å². The number of rotatable bonds is 3. The van der Waals surface area contributed by atoms with Gasteiger partial charge in [0, 0.05) is 5.69 Å². The van der Waals surface area contributed by atoms with Gasteiger partial charge < -0.3 is 10.4 Å². The highest BCUT2D eigenvalue weighted by molar-refractivity contribution is 5.92. The van der Waals surface area contributed by atoms with Crippen molar-refractivity contribution in [1.29, 1.82) is 5.26 Å². The summed E-state index contributed by atoms with van der Waals surface area (Å²) in [5.41, 5.74) is -1.69. The molecule has 1 rings (SSSR count). The molecule has 0 aliphatic carbocycles. The number of carbonyl (C=O) groups excluding carboxylic acids is 1. The fourth-order valence-electron chi connectivity index (χ4n) is 1.30. The molecule has 0 aliphatic heterocycles. The van der Waals surface area contributed by atoms with E-state index in [0.717, 1.165) is 6.07 Å². The Kier molecular flexibility index (Phi) is 4.51. The monoisotopic (exact) mass is 272 g/mol. The van der Waals surface area contributed by atoms with E-state index >= 15 is 0 Å². The molecule has 0 heterocycles. The predicted octanol–water partition coefficient (Wildman–Crippen LogP) is 2.14. The lowest BCUT2D eigenvalue weighted by Crippen LogP contribution is -2.23. The minimum Gasteiger partial charge on any atom is -0.396 e. The summed E-state index contributed by atoms with van der Waals surface area (Å²) in [6.45, 7) is 1.03. The van der Waals surface area contributed by atoms with Crippen molar-refractivity contribution in [3.63, 3.8) is 0 Å². The molecular weight excluding hydrogens is 261 g/mol. The fraction of sp³-hybridized carbons (Fsp3) is 0.333. The van der Waals surface area contributed by atoms with Gasteiger partial charge in [0.25, 0.3) is 0 Å². The average Bonchev–Trinajstić information content (AvgIpc) is 2.36. The molecule has 1 amide bonds. The minimum atomic E-state index is -4.67. The number of nitrogens with zero attached hydrogens (tertiary/aromatic N) is 1. The standard InChI is InChI=1S/C12H11F3N2O2/c1-7(6-18)11(19)17-9-3-2-8(5-16)10(4-9)12(13,14)15/h2-4,7,18H,6H2,1H3,(H,17,19)/t7-/m0/s1. The second-order valence-electron chi connectivity index (χ2n) is 3.94. The van der Waals surface area contributed by atoms with Crippen LogP contribution in [-0.4, -0.2) is 17.6 Å². The number of nitrogens with one attached hydrogen (secondary N) is 1. The van der Waals surface area contributed by atoms with Crippen LogP contribution >= 0.6 is 0 Å². The molecule has 0 fully saturated rings. The van der Waals surface area contributed by atoms with E-state index in [4.69, 9.17) is 10.4 Å². The van der Waals surface area contributed by atoms with Crippen molar-refractivity contribution in [1.82, 2.24) is 0 Å². The van der Waals surface area contributed by atoms with E-state index in [2.05, 4.69) is 5.32 Å². The zero-order chi connectivity index (χ0) is 14.6. The summed E-state index contributed by atoms with van der Waals surface area (Å²) in [5.74, 6) is -1.33. The number of hydrogen-bond donors (Lipinski definition) is 2. The van der Waals surface area contributed by atoms with Crippen molar-refractivity contribution in [2.75, 3.05) is 11.9 Å². The van der Waals surface area contributed by atoms with Gasteiger partial charge in [0.2, 0.25) is 5.91 Å². The van der Waals surface area contributed by atoms with Crippen LogP contribution in [0.25, 0.3) is 0 Å². The van der Waals surface area contributed by atoms with Crippen LogP contribution in [0.3, 0.4) is 0 Å². The van der Waals surface area contributed by atoms with E-state index in [1.54, 1.807) is 0 Å². The molecule has 102 valence electrons. The Balaban J connectivity index is 3.07. The Morgan fingerprint density at radius 2 is 2.16 bits per heavy atom. The number of aliphatic hydroxyl groups is 1. The molecule has 1 aromatic rings. The summed E-state index contributed by atoms with van der Waals surface area (Å²) >= 11 is 0. The quantitative estimate of drug-likeness (QED) is 0.885. The van der Waals surface area contributed by atoms with Crippen molar-refractivity contribution in [3.8, 4) is 6.07 Å². The Hall–Kier alpha value is -2.07. The average molecular weight is 272 g/mol. The molecule has 0 aliphatic rings. The third-order valence-corrected chi connectivity index (χ3v) is 2.43. The smallest absolute Gasteiger partial charge is 0.396 e. The van der Waals surface area contributed by atoms with Gasteiger partial charge in [-0.2, -0.15) is 18.4 Å². The van der Waals surface area contributed by atoms with Gasteiger partial charge in [0.15, 0.2) is 0 Å². The van der Waals surface area contributed by atoms with Crippen molar-refractivity contribution in [2.24, 2.45) is 5.92 Å². The molecule has 1 aromatic carbocycles. The Morgan fingerprint density at radius 3 is 2.63 bits per heavy atom. The molecule has 7 heteroatoms. The number of benzene rings is 1. The van der Waals surface area contributed by atoms with Crippen molar-refractivity contribution >= 4 is 11.6 Å². The molecule has 1 atom stereocenters. The predicted molar refractivity (Wildman–Crippen MR) is 61.0 cm³/mol. The summed E-state index contributed by atoms with van der Waals surface area (Å²) in [6.07, 6.45) is -4.67. The molecule has 0 saturated carbocycles. The number of amides is 1. The van der Waals surface area contributed by atoms with Gasteiger partial charge in [0.1, 0.15) is 0 Å². The number of alkyl halides is 3. The summed E-state index contributed by atoms with van der Waals surface area (Å²) < 4.78 is 38.0. The minimum absolute atomic E-state index is 0.0726. The third kappa shape index (κ3) is 3.69. The van der Waals surface area contributed by atoms with Gasteiger partial charge in [-0.05, 0) is 18.2 Å². The lowest BCUT2D eigenvalue weighted by atomic mass is 10.1. The normalized spacial score (nSPS) is 12.6. The SMILES string of the molecule is C[C@@H](CO)C(=O)Nc1ccc(C#N)c(C(F)(F)F)c1. The fourth-order valence-corrected chi connectivity index (χ4v) is 1.30. The number of aliphatic hydroxyl groups excluding tert-OH is 1. The topological polar surface area (TPSA) is 73.1 Å². The molecule has 0 bridgehead atoms. The summed E-state index contributed by atoms with van der Waals surface area (Å²) in [6, 6.07) is 4.33. The number of nitriles is 1. The first-order valence-corrected chi connectivity index (χ1v) is 5.32. The van der Waals surface area contributed by atoms with Gasteiger partial charge in [0.05, 0.1) is 29.7 Å². The third-order valence-electron chi connectivity index (χ3n) is 2.43. The van der Waals surface area contributed by atoms with Crippen molar-refractivity contribution in [2.45, 2.75) is 13.1 Å². The second-order valence-corrected chi connectivity index (χ2v) is 3.94. The Bertz CT molecular complexity index is 521. The van der Waals surface area contributed by atoms with E-state index < -0.39 is 35.7 Å². The highest BCUT2D eigenvalue weighted by atomic mass is 19.4. The number of anilines is 1. The zero-order valence-corrected chi connectivity index (χ0v) is 9.95. The lowest BCUT2D eigenvalue weighted by molar-refractivity contribution is -0.137. The highest BCUT2D eigenvalue weighted by Crippen LogP contribution is 2.33. The van der Waals surface area contributed by atoms with Gasteiger partial charge in [-0.1, -0.05) is 6.92 Å². The van der Waals surface area contributed by atoms with Crippen LogP contribution in [-0.2, 0) is 11.0 Å². The lowest BCUT2D eigenvalue weighted by Gasteiger charge is -2.13. The molecule has 0 aromatic heterocycles. The van der Waals surface area contributed by atoms with E-state index in [-0.39, 0.29) is 5.69 Å². The number of hydrogen-bond acceptors (Lipinski definition) is 3. The first-order chi connectivity index (χ1) is 8.79. The van der Waals surface area contributed by atoms with Crippen LogP contribution in [0.2, 0.25) is 0 Å². The molecular formula is C12H11F3N2O2. The van der Waals surface area contributed by atoms with Gasteiger partial charge >= 0.3 is 6.18 Å². The Morgan fingerprint density at radius 1 is 1.53 bits per heavy atom. The maximum absolute atomic E-state index is 12.7. The first-order valence-electron chi connectivity index (χ1n) is 5.32. The van der Waals surface area contributed by atoms with Crippen LogP contribution in [0.1, 0.15) is 18.1 Å². The number of carbonyl (C=O) groups is 1. The van der Waals surface area contributed by atoms with E-state index in [1.807, 2.05) is 0 Å². The largest absolute Gasteiger partial charge is 0.417 e. The van der Waals surface area contributed by atoms with Crippen molar-refractivity contribution in [3.05, 3.63) is 29.3 Å². The van der Waals surface area contributed by atoms with Crippen LogP contribution in [0, 0.1) is 17.2 Å². The first kappa shape index (κ1) is 15.0. The van der Waals surface area contributed by atoms with Crippen molar-refractivity contribution < 1.29 is 23.1 Å². The van der Waals surface area contributed by atoms with E-state index in [0.29, 0.717) is 6.07 Å². The van der Waals surface area contributed by atoms with E-state index in [1.165, 1.54) is 19.1 Å². The molecule has 4 nitrogen and oxygen atoms in total. The maximum Gasteiger partial charge on any atom is 0.417 e. The summed E-state index contributed by atoms with van der Waals surface area (Å²) in [7, 11) is 0.